The Labute approximate surface area is 83.5 Å². The first-order chi connectivity index (χ1) is 6.70. The van der Waals surface area contributed by atoms with E-state index in [1.54, 1.807) is 0 Å². The lowest BCUT2D eigenvalue weighted by Gasteiger charge is -2.22. The zero-order chi connectivity index (χ0) is 10.1. The largest absolute Gasteiger partial charge is 0.398 e. The summed E-state index contributed by atoms with van der Waals surface area (Å²) in [7, 11) is 1.94. The van der Waals surface area contributed by atoms with Crippen molar-refractivity contribution in [2.45, 2.75) is 18.6 Å². The van der Waals surface area contributed by atoms with Crippen molar-refractivity contribution in [2.24, 2.45) is 0 Å². The number of hydrogen-bond acceptors (Lipinski definition) is 2. The fraction of sp³-hybridized carbons (Fsp3) is 0.455. The van der Waals surface area contributed by atoms with Gasteiger partial charge in [-0.3, -0.25) is 4.90 Å². The molecule has 0 bridgehead atoms. The van der Waals surface area contributed by atoms with Crippen molar-refractivity contribution >= 4 is 5.69 Å². The van der Waals surface area contributed by atoms with Crippen LogP contribution in [0.3, 0.4) is 0 Å². The Morgan fingerprint density at radius 2 is 2.14 bits per heavy atom. The van der Waals surface area contributed by atoms with Crippen LogP contribution in [0.5, 0.6) is 0 Å². The van der Waals surface area contributed by atoms with Gasteiger partial charge in [-0.05, 0) is 25.1 Å². The van der Waals surface area contributed by atoms with Crippen molar-refractivity contribution in [1.82, 2.24) is 4.90 Å². The van der Waals surface area contributed by atoms with Gasteiger partial charge < -0.3 is 5.73 Å². The molecule has 0 spiro atoms. The highest BCUT2D eigenvalue weighted by Crippen LogP contribution is 2.35. The summed E-state index contributed by atoms with van der Waals surface area (Å²) < 4.78 is 13.6. The Bertz CT molecular complexity index is 317. The third-order valence-corrected chi connectivity index (χ3v) is 2.89. The van der Waals surface area contributed by atoms with Gasteiger partial charge in [0, 0.05) is 12.2 Å². The number of benzene rings is 1. The molecule has 2 nitrogen and oxygen atoms in total. The van der Waals surface area contributed by atoms with Gasteiger partial charge in [-0.15, -0.1) is 0 Å². The van der Waals surface area contributed by atoms with Gasteiger partial charge in [-0.25, -0.2) is 4.39 Å². The molecule has 0 radical (unpaired) electrons. The van der Waals surface area contributed by atoms with Gasteiger partial charge in [0.25, 0.3) is 0 Å². The van der Waals surface area contributed by atoms with E-state index in [0.29, 0.717) is 12.1 Å². The number of nitrogens with zero attached hydrogens (tertiary/aromatic N) is 1. The predicted octanol–water partition coefficient (Wildman–Crippen LogP) is 1.98. The van der Waals surface area contributed by atoms with E-state index in [1.165, 1.54) is 0 Å². The molecular formula is C11H15FN2. The summed E-state index contributed by atoms with van der Waals surface area (Å²) in [6, 6.07) is 7.37. The smallest absolute Gasteiger partial charge is 0.121 e. The first-order valence-electron chi connectivity index (χ1n) is 4.89. The molecule has 1 aliphatic rings. The molecule has 0 aliphatic carbocycles. The van der Waals surface area contributed by atoms with Crippen LogP contribution in [0.25, 0.3) is 0 Å². The molecular weight excluding hydrogens is 179 g/mol. The van der Waals surface area contributed by atoms with Gasteiger partial charge >= 0.3 is 0 Å². The van der Waals surface area contributed by atoms with Crippen molar-refractivity contribution < 1.29 is 4.39 Å². The Hall–Kier alpha value is -1.09. The molecule has 1 heterocycles. The minimum absolute atomic E-state index is 0.156. The highest BCUT2D eigenvalue weighted by atomic mass is 19.1. The van der Waals surface area contributed by atoms with Gasteiger partial charge in [0.2, 0.25) is 0 Å². The fourth-order valence-corrected chi connectivity index (χ4v) is 2.11. The number of nitrogens with two attached hydrogens (primary N) is 1. The second-order valence-corrected chi connectivity index (χ2v) is 3.86. The molecule has 0 saturated carbocycles. The van der Waals surface area contributed by atoms with E-state index < -0.39 is 6.17 Å². The van der Waals surface area contributed by atoms with E-state index in [9.17, 15) is 4.39 Å². The monoisotopic (exact) mass is 194 g/mol. The molecule has 2 atom stereocenters. The minimum Gasteiger partial charge on any atom is -0.398 e. The maximum absolute atomic E-state index is 13.6. The summed E-state index contributed by atoms with van der Waals surface area (Å²) in [5.41, 5.74) is 7.44. The standard InChI is InChI=1S/C11H15FN2/c1-14-7-6-9(12)11(14)8-4-2-3-5-10(8)13/h2-5,9,11H,6-7,13H2,1H3. The van der Waals surface area contributed by atoms with E-state index in [0.717, 1.165) is 12.1 Å². The number of anilines is 1. The highest BCUT2D eigenvalue weighted by molar-refractivity contribution is 5.48. The third kappa shape index (κ3) is 1.48. The SMILES string of the molecule is CN1CCC(F)C1c1ccccc1N. The number of alkyl halides is 1. The Morgan fingerprint density at radius 1 is 1.43 bits per heavy atom. The molecule has 76 valence electrons. The summed E-state index contributed by atoms with van der Waals surface area (Å²) in [5, 5.41) is 0. The highest BCUT2D eigenvalue weighted by Gasteiger charge is 2.33. The molecule has 2 rings (SSSR count). The Balaban J connectivity index is 2.34. The first kappa shape index (κ1) is 9.46. The van der Waals surface area contributed by atoms with E-state index in [4.69, 9.17) is 5.73 Å². The van der Waals surface area contributed by atoms with E-state index >= 15 is 0 Å². The molecule has 14 heavy (non-hydrogen) atoms. The lowest BCUT2D eigenvalue weighted by molar-refractivity contribution is 0.226. The summed E-state index contributed by atoms with van der Waals surface area (Å²) in [6.07, 6.45) is -0.181. The number of halogens is 1. The number of likely N-dealkylation sites (tertiary alicyclic amines) is 1. The number of hydrogen-bond donors (Lipinski definition) is 1. The number of para-hydroxylation sites is 1. The Morgan fingerprint density at radius 3 is 2.71 bits per heavy atom. The molecule has 1 aromatic rings. The maximum atomic E-state index is 13.6. The summed E-state index contributed by atoms with van der Waals surface area (Å²) in [6.45, 7) is 0.806. The van der Waals surface area contributed by atoms with Crippen LogP contribution in [0, 0.1) is 0 Å². The zero-order valence-corrected chi connectivity index (χ0v) is 8.28. The average Bonchev–Trinajstić information content (AvgIpc) is 2.48. The molecule has 2 N–H and O–H groups in total. The Kier molecular flexibility index (Phi) is 2.42. The van der Waals surface area contributed by atoms with Gasteiger partial charge in [-0.2, -0.15) is 0 Å². The van der Waals surface area contributed by atoms with Crippen molar-refractivity contribution in [1.29, 1.82) is 0 Å². The average molecular weight is 194 g/mol. The quantitative estimate of drug-likeness (QED) is 0.693. The minimum atomic E-state index is -0.787. The molecule has 3 heteroatoms. The summed E-state index contributed by atoms with van der Waals surface area (Å²) in [4.78, 5) is 2.02. The van der Waals surface area contributed by atoms with Crippen LogP contribution in [-0.2, 0) is 0 Å². The van der Waals surface area contributed by atoms with Gasteiger partial charge in [0.15, 0.2) is 0 Å². The van der Waals surface area contributed by atoms with Crippen LogP contribution in [0.4, 0.5) is 10.1 Å². The van der Waals surface area contributed by atoms with Gasteiger partial charge in [-0.1, -0.05) is 18.2 Å². The van der Waals surface area contributed by atoms with E-state index in [-0.39, 0.29) is 6.04 Å². The zero-order valence-electron chi connectivity index (χ0n) is 8.28. The van der Waals surface area contributed by atoms with Crippen molar-refractivity contribution in [3.05, 3.63) is 29.8 Å². The first-order valence-corrected chi connectivity index (χ1v) is 4.89. The van der Waals surface area contributed by atoms with Crippen LogP contribution in [-0.4, -0.2) is 24.7 Å². The third-order valence-electron chi connectivity index (χ3n) is 2.89. The number of nitrogen functional groups attached to an aromatic ring is 1. The van der Waals surface area contributed by atoms with Crippen molar-refractivity contribution in [2.75, 3.05) is 19.3 Å². The van der Waals surface area contributed by atoms with E-state index in [2.05, 4.69) is 0 Å². The summed E-state index contributed by atoms with van der Waals surface area (Å²) >= 11 is 0. The van der Waals surface area contributed by atoms with Crippen molar-refractivity contribution in [3.8, 4) is 0 Å². The molecule has 1 fully saturated rings. The topological polar surface area (TPSA) is 29.3 Å². The molecule has 1 aromatic carbocycles. The van der Waals surface area contributed by atoms with Crippen LogP contribution in [0.15, 0.2) is 24.3 Å². The normalized spacial score (nSPS) is 28.1. The number of rotatable bonds is 1. The molecule has 1 saturated heterocycles. The van der Waals surface area contributed by atoms with E-state index in [1.807, 2.05) is 36.2 Å². The summed E-state index contributed by atoms with van der Waals surface area (Å²) in [5.74, 6) is 0. The lowest BCUT2D eigenvalue weighted by atomic mass is 10.0. The molecule has 1 aliphatic heterocycles. The molecule has 0 aromatic heterocycles. The lowest BCUT2D eigenvalue weighted by Crippen LogP contribution is -2.22. The van der Waals surface area contributed by atoms with Crippen LogP contribution >= 0.6 is 0 Å². The predicted molar refractivity (Wildman–Crippen MR) is 55.7 cm³/mol. The second kappa shape index (κ2) is 3.58. The second-order valence-electron chi connectivity index (χ2n) is 3.86. The molecule has 0 amide bonds. The van der Waals surface area contributed by atoms with Crippen molar-refractivity contribution in [3.63, 3.8) is 0 Å². The maximum Gasteiger partial charge on any atom is 0.121 e. The molecule has 2 unspecified atom stereocenters. The van der Waals surface area contributed by atoms with Gasteiger partial charge in [0.1, 0.15) is 6.17 Å². The fourth-order valence-electron chi connectivity index (χ4n) is 2.11. The van der Waals surface area contributed by atoms with Crippen LogP contribution < -0.4 is 5.73 Å². The van der Waals surface area contributed by atoms with Crippen LogP contribution in [0.2, 0.25) is 0 Å². The van der Waals surface area contributed by atoms with Gasteiger partial charge in [0.05, 0.1) is 6.04 Å². The van der Waals surface area contributed by atoms with Crippen LogP contribution in [0.1, 0.15) is 18.0 Å².